The number of nitrogens with one attached hydrogen (secondary N) is 1. The smallest absolute Gasteiger partial charge is 0.241 e. The number of likely N-dealkylation sites (tertiary alicyclic amines) is 2. The Morgan fingerprint density at radius 2 is 1.90 bits per heavy atom. The Bertz CT molecular complexity index is 722. The van der Waals surface area contributed by atoms with E-state index in [1.165, 1.54) is 44.2 Å². The van der Waals surface area contributed by atoms with Gasteiger partial charge < -0.3 is 15.1 Å². The second-order valence-corrected chi connectivity index (χ2v) is 8.94. The number of aliphatic imine (C=N–C) groups is 1. The van der Waals surface area contributed by atoms with E-state index in [-0.39, 0.29) is 29.9 Å². The molecular formula is C23H36IN5O. The van der Waals surface area contributed by atoms with Crippen LogP contribution < -0.4 is 5.32 Å². The second-order valence-electron chi connectivity index (χ2n) is 8.94. The van der Waals surface area contributed by atoms with Crippen LogP contribution in [0.4, 0.5) is 0 Å². The number of amides is 1. The van der Waals surface area contributed by atoms with Crippen molar-refractivity contribution < 1.29 is 4.79 Å². The third-order valence-electron chi connectivity index (χ3n) is 6.58. The first-order chi connectivity index (χ1) is 14.1. The minimum atomic E-state index is 0. The van der Waals surface area contributed by atoms with E-state index in [0.29, 0.717) is 19.0 Å². The molecule has 1 N–H and O–H groups in total. The molecule has 3 fully saturated rings. The Balaban J connectivity index is 0.00000256. The number of benzene rings is 1. The number of carbonyl (C=O) groups excluding carboxylic acids is 1. The molecule has 2 atom stereocenters. The Morgan fingerprint density at radius 3 is 2.60 bits per heavy atom. The van der Waals surface area contributed by atoms with Crippen molar-refractivity contribution in [1.82, 2.24) is 20.0 Å². The molecule has 7 heteroatoms. The van der Waals surface area contributed by atoms with Gasteiger partial charge in [0.25, 0.3) is 0 Å². The van der Waals surface area contributed by atoms with E-state index in [9.17, 15) is 4.79 Å². The van der Waals surface area contributed by atoms with Crippen LogP contribution in [-0.4, -0.2) is 78.9 Å². The molecule has 6 nitrogen and oxygen atoms in total. The minimum Gasteiger partial charge on any atom is -0.347 e. The molecule has 166 valence electrons. The molecule has 2 aliphatic heterocycles. The summed E-state index contributed by atoms with van der Waals surface area (Å²) in [6.07, 6.45) is 6.62. The summed E-state index contributed by atoms with van der Waals surface area (Å²) in [5.41, 5.74) is 1.19. The lowest BCUT2D eigenvalue weighted by molar-refractivity contribution is -0.127. The number of carbonyl (C=O) groups is 1. The van der Waals surface area contributed by atoms with Crippen molar-refractivity contribution in [2.24, 2.45) is 10.9 Å². The van der Waals surface area contributed by atoms with E-state index < -0.39 is 0 Å². The molecule has 1 aliphatic carbocycles. The first-order valence-electron chi connectivity index (χ1n) is 11.1. The van der Waals surface area contributed by atoms with Crippen molar-refractivity contribution in [3.05, 3.63) is 35.9 Å². The monoisotopic (exact) mass is 525 g/mol. The fourth-order valence-electron chi connectivity index (χ4n) is 4.82. The summed E-state index contributed by atoms with van der Waals surface area (Å²) in [5, 5.41) is 3.35. The zero-order valence-electron chi connectivity index (χ0n) is 18.3. The molecule has 1 saturated carbocycles. The van der Waals surface area contributed by atoms with Crippen LogP contribution in [0.3, 0.4) is 0 Å². The van der Waals surface area contributed by atoms with Gasteiger partial charge in [0.2, 0.25) is 5.91 Å². The molecule has 2 saturated heterocycles. The van der Waals surface area contributed by atoms with Crippen LogP contribution in [0.15, 0.2) is 35.3 Å². The Hall–Kier alpha value is -1.35. The van der Waals surface area contributed by atoms with Gasteiger partial charge in [-0.1, -0.05) is 30.3 Å². The number of piperidine rings is 2. The highest BCUT2D eigenvalue weighted by molar-refractivity contribution is 14.0. The summed E-state index contributed by atoms with van der Waals surface area (Å²) in [6, 6.07) is 11.9. The zero-order valence-corrected chi connectivity index (χ0v) is 20.6. The van der Waals surface area contributed by atoms with Gasteiger partial charge in [0, 0.05) is 39.3 Å². The molecule has 2 heterocycles. The molecule has 0 radical (unpaired) electrons. The Kier molecular flexibility index (Phi) is 8.39. The summed E-state index contributed by atoms with van der Waals surface area (Å²) in [5.74, 6) is 1.67. The zero-order chi connectivity index (χ0) is 20.2. The average molecular weight is 525 g/mol. The van der Waals surface area contributed by atoms with E-state index in [2.05, 4.69) is 27.2 Å². The third-order valence-corrected chi connectivity index (χ3v) is 6.58. The summed E-state index contributed by atoms with van der Waals surface area (Å²) < 4.78 is 0. The van der Waals surface area contributed by atoms with Crippen LogP contribution >= 0.6 is 24.0 Å². The summed E-state index contributed by atoms with van der Waals surface area (Å²) in [6.45, 7) is 4.28. The lowest BCUT2D eigenvalue weighted by Gasteiger charge is -2.48. The van der Waals surface area contributed by atoms with Gasteiger partial charge in [0.05, 0.1) is 13.1 Å². The van der Waals surface area contributed by atoms with Crippen LogP contribution in [-0.2, 0) is 11.3 Å². The normalized spacial score (nSPS) is 24.6. The highest BCUT2D eigenvalue weighted by Crippen LogP contribution is 2.38. The van der Waals surface area contributed by atoms with Gasteiger partial charge in [-0.3, -0.25) is 9.69 Å². The number of guanidine groups is 1. The molecule has 1 aromatic rings. The Morgan fingerprint density at radius 1 is 1.13 bits per heavy atom. The van der Waals surface area contributed by atoms with E-state index >= 15 is 0 Å². The molecule has 0 aromatic heterocycles. The summed E-state index contributed by atoms with van der Waals surface area (Å²) >= 11 is 0. The van der Waals surface area contributed by atoms with Gasteiger partial charge in [-0.05, 0) is 50.1 Å². The first kappa shape index (κ1) is 23.3. The highest BCUT2D eigenvalue weighted by Gasteiger charge is 2.42. The highest BCUT2D eigenvalue weighted by atomic mass is 127. The number of halogens is 1. The summed E-state index contributed by atoms with van der Waals surface area (Å²) in [7, 11) is 3.59. The molecule has 0 bridgehead atoms. The SMILES string of the molecule is CN(C)C(=O)CNC(=NCc1ccccc1)N1CCC2C(CCCN2C2CC2)C1.I. The van der Waals surface area contributed by atoms with Crippen LogP contribution in [0.1, 0.15) is 37.7 Å². The van der Waals surface area contributed by atoms with Crippen LogP contribution in [0, 0.1) is 5.92 Å². The molecule has 1 aromatic carbocycles. The minimum absolute atomic E-state index is 0. The van der Waals surface area contributed by atoms with E-state index in [4.69, 9.17) is 4.99 Å². The number of fused-ring (bicyclic) bond motifs is 1. The van der Waals surface area contributed by atoms with E-state index in [1.807, 2.05) is 18.2 Å². The molecule has 30 heavy (non-hydrogen) atoms. The van der Waals surface area contributed by atoms with Crippen molar-refractivity contribution >= 4 is 35.8 Å². The van der Waals surface area contributed by atoms with Crippen molar-refractivity contribution in [2.45, 2.75) is 50.7 Å². The van der Waals surface area contributed by atoms with Gasteiger partial charge in [-0.25, -0.2) is 4.99 Å². The van der Waals surface area contributed by atoms with Crippen molar-refractivity contribution in [1.29, 1.82) is 0 Å². The molecule has 2 unspecified atom stereocenters. The second kappa shape index (κ2) is 10.8. The van der Waals surface area contributed by atoms with Crippen LogP contribution in [0.2, 0.25) is 0 Å². The standard InChI is InChI=1S/C23H35N5O.HI/c1-26(2)22(29)16-25-23(24-15-18-7-4-3-5-8-18)27-14-12-21-19(17-27)9-6-13-28(21)20-10-11-20;/h3-5,7-8,19-21H,6,9-17H2,1-2H3,(H,24,25);1H. The lowest BCUT2D eigenvalue weighted by Crippen LogP contribution is -2.57. The maximum atomic E-state index is 12.1. The number of nitrogens with zero attached hydrogens (tertiary/aromatic N) is 4. The topological polar surface area (TPSA) is 51.2 Å². The predicted molar refractivity (Wildman–Crippen MR) is 132 cm³/mol. The number of hydrogen-bond donors (Lipinski definition) is 1. The van der Waals surface area contributed by atoms with Gasteiger partial charge >= 0.3 is 0 Å². The summed E-state index contributed by atoms with van der Waals surface area (Å²) in [4.78, 5) is 23.9. The third kappa shape index (κ3) is 5.87. The van der Waals surface area contributed by atoms with Crippen molar-refractivity contribution in [2.75, 3.05) is 40.3 Å². The van der Waals surface area contributed by atoms with E-state index in [0.717, 1.165) is 31.1 Å². The maximum absolute atomic E-state index is 12.1. The fraction of sp³-hybridized carbons (Fsp3) is 0.652. The molecule has 1 amide bonds. The number of hydrogen-bond acceptors (Lipinski definition) is 3. The van der Waals surface area contributed by atoms with Gasteiger partial charge in [0.1, 0.15) is 0 Å². The lowest BCUT2D eigenvalue weighted by atomic mass is 9.83. The molecule has 3 aliphatic rings. The molecule has 0 spiro atoms. The molecule has 4 rings (SSSR count). The van der Waals surface area contributed by atoms with Crippen molar-refractivity contribution in [3.63, 3.8) is 0 Å². The van der Waals surface area contributed by atoms with Crippen molar-refractivity contribution in [3.8, 4) is 0 Å². The largest absolute Gasteiger partial charge is 0.347 e. The van der Waals surface area contributed by atoms with Gasteiger partial charge in [0.15, 0.2) is 5.96 Å². The van der Waals surface area contributed by atoms with Gasteiger partial charge in [-0.15, -0.1) is 24.0 Å². The average Bonchev–Trinajstić information content (AvgIpc) is 3.58. The molecular weight excluding hydrogens is 489 g/mol. The van der Waals surface area contributed by atoms with Crippen LogP contribution in [0.5, 0.6) is 0 Å². The van der Waals surface area contributed by atoms with Gasteiger partial charge in [-0.2, -0.15) is 0 Å². The fourth-order valence-corrected chi connectivity index (χ4v) is 4.82. The number of likely N-dealkylation sites (N-methyl/N-ethyl adjacent to an activating group) is 1. The first-order valence-corrected chi connectivity index (χ1v) is 11.1. The predicted octanol–water partition coefficient (Wildman–Crippen LogP) is 2.79. The number of rotatable bonds is 5. The Labute approximate surface area is 198 Å². The maximum Gasteiger partial charge on any atom is 0.241 e. The quantitative estimate of drug-likeness (QED) is 0.365. The van der Waals surface area contributed by atoms with Crippen LogP contribution in [0.25, 0.3) is 0 Å². The van der Waals surface area contributed by atoms with E-state index in [1.54, 1.807) is 19.0 Å².